The zero-order valence-electron chi connectivity index (χ0n) is 12.8. The number of nitrogens with zero attached hydrogens (tertiary/aromatic N) is 3. The Morgan fingerprint density at radius 2 is 1.84 bits per heavy atom. The third-order valence-corrected chi connectivity index (χ3v) is 5.81. The molecular weight excluding hydrogens is 412 g/mol. The highest BCUT2D eigenvalue weighted by Crippen LogP contribution is 2.45. The predicted molar refractivity (Wildman–Crippen MR) is 98.2 cm³/mol. The summed E-state index contributed by atoms with van der Waals surface area (Å²) in [6.45, 7) is 0. The number of aromatic hydroxyl groups is 1. The third-order valence-electron chi connectivity index (χ3n) is 4.04. The van der Waals surface area contributed by atoms with Gasteiger partial charge >= 0.3 is 0 Å². The lowest BCUT2D eigenvalue weighted by Gasteiger charge is -2.27. The molecule has 25 heavy (non-hydrogen) atoms. The minimum Gasteiger partial charge on any atom is -0.493 e. The van der Waals surface area contributed by atoms with E-state index in [0.29, 0.717) is 5.69 Å². The van der Waals surface area contributed by atoms with Gasteiger partial charge in [-0.15, -0.1) is 5.11 Å². The number of halogens is 3. The van der Waals surface area contributed by atoms with Gasteiger partial charge in [-0.2, -0.15) is 16.9 Å². The van der Waals surface area contributed by atoms with Crippen molar-refractivity contribution >= 4 is 50.0 Å². The average molecular weight is 424 g/mol. The van der Waals surface area contributed by atoms with E-state index in [9.17, 15) is 13.9 Å². The molecule has 4 nitrogen and oxygen atoms in total. The molecule has 8 heteroatoms. The number of hydrogen-bond acceptors (Lipinski definition) is 4. The summed E-state index contributed by atoms with van der Waals surface area (Å²) in [6.07, 6.45) is 0. The fourth-order valence-corrected chi connectivity index (χ4v) is 3.78. The van der Waals surface area contributed by atoms with E-state index in [0.717, 1.165) is 22.0 Å². The number of fused-ring (bicyclic) bond motifs is 1. The summed E-state index contributed by atoms with van der Waals surface area (Å²) < 4.78 is 30.5. The molecule has 1 aromatic heterocycles. The highest BCUT2D eigenvalue weighted by molar-refractivity contribution is 9.10. The van der Waals surface area contributed by atoms with E-state index in [1.54, 1.807) is 23.9 Å². The second kappa shape index (κ2) is 6.42. The van der Waals surface area contributed by atoms with Gasteiger partial charge in [-0.05, 0) is 30.3 Å². The summed E-state index contributed by atoms with van der Waals surface area (Å²) in [5.41, 5.74) is 0.807. The first-order valence-electron chi connectivity index (χ1n) is 7.51. The minimum absolute atomic E-state index is 0.0379. The van der Waals surface area contributed by atoms with Gasteiger partial charge < -0.3 is 9.67 Å². The Bertz CT molecular complexity index is 984. The molecule has 0 radical (unpaired) electrons. The Balaban J connectivity index is 1.87. The Hall–Kier alpha value is -1.93. The standard InChI is InChI=1S/C17H12BrF2N3OS/c18-9-1-3-11(4-2-9)21-22-15-13-5-10(19)6-14(20)16(13)23(17(15)24)12-7-25-8-12/h1-6,12,24H,7-8H2. The van der Waals surface area contributed by atoms with E-state index >= 15 is 0 Å². The van der Waals surface area contributed by atoms with Crippen LogP contribution in [0.3, 0.4) is 0 Å². The summed E-state index contributed by atoms with van der Waals surface area (Å²) in [5.74, 6) is -0.0993. The molecule has 1 N–H and O–H groups in total. The largest absolute Gasteiger partial charge is 0.493 e. The fourth-order valence-electron chi connectivity index (χ4n) is 2.77. The van der Waals surface area contributed by atoms with Crippen LogP contribution in [-0.4, -0.2) is 21.2 Å². The van der Waals surface area contributed by atoms with Crippen LogP contribution in [-0.2, 0) is 0 Å². The summed E-state index contributed by atoms with van der Waals surface area (Å²) in [7, 11) is 0. The molecule has 0 saturated carbocycles. The molecule has 0 unspecified atom stereocenters. The van der Waals surface area contributed by atoms with Crippen LogP contribution in [0.2, 0.25) is 0 Å². The Labute approximate surface area is 154 Å². The van der Waals surface area contributed by atoms with Crippen molar-refractivity contribution in [1.82, 2.24) is 4.57 Å². The van der Waals surface area contributed by atoms with E-state index in [4.69, 9.17) is 0 Å². The number of aromatic nitrogens is 1. The molecule has 1 aliphatic heterocycles. The molecule has 4 rings (SSSR count). The molecular formula is C17H12BrF2N3OS. The predicted octanol–water partition coefficient (Wildman–Crippen LogP) is 6.09. The van der Waals surface area contributed by atoms with Gasteiger partial charge in [0.15, 0.2) is 11.5 Å². The SMILES string of the molecule is Oc1c(N=Nc2ccc(Br)cc2)c2cc(F)cc(F)c2n1C1CSC1. The van der Waals surface area contributed by atoms with Crippen molar-refractivity contribution in [2.24, 2.45) is 10.2 Å². The first-order chi connectivity index (χ1) is 12.0. The Kier molecular flexibility index (Phi) is 4.24. The summed E-state index contributed by atoms with van der Waals surface area (Å²) >= 11 is 5.03. The lowest BCUT2D eigenvalue weighted by atomic mass is 10.2. The van der Waals surface area contributed by atoms with Crippen molar-refractivity contribution in [3.05, 3.63) is 52.5 Å². The van der Waals surface area contributed by atoms with Gasteiger partial charge in [0, 0.05) is 27.4 Å². The number of thioether (sulfide) groups is 1. The van der Waals surface area contributed by atoms with Crippen molar-refractivity contribution in [2.75, 3.05) is 11.5 Å². The maximum absolute atomic E-state index is 14.4. The second-order valence-corrected chi connectivity index (χ2v) is 7.68. The monoisotopic (exact) mass is 423 g/mol. The normalized spacial score (nSPS) is 15.2. The van der Waals surface area contributed by atoms with Crippen LogP contribution in [0.1, 0.15) is 6.04 Å². The van der Waals surface area contributed by atoms with Gasteiger partial charge in [-0.1, -0.05) is 15.9 Å². The maximum Gasteiger partial charge on any atom is 0.221 e. The van der Waals surface area contributed by atoms with Gasteiger partial charge in [-0.3, -0.25) is 0 Å². The Morgan fingerprint density at radius 3 is 2.48 bits per heavy atom. The van der Waals surface area contributed by atoms with Crippen LogP contribution in [0.15, 0.2) is 51.1 Å². The van der Waals surface area contributed by atoms with E-state index < -0.39 is 11.6 Å². The van der Waals surface area contributed by atoms with Gasteiger partial charge in [-0.25, -0.2) is 8.78 Å². The molecule has 128 valence electrons. The average Bonchev–Trinajstić information content (AvgIpc) is 2.78. The fraction of sp³-hybridized carbons (Fsp3) is 0.176. The lowest BCUT2D eigenvalue weighted by Crippen LogP contribution is -2.22. The van der Waals surface area contributed by atoms with E-state index in [-0.39, 0.29) is 28.5 Å². The summed E-state index contributed by atoms with van der Waals surface area (Å²) in [4.78, 5) is 0. The topological polar surface area (TPSA) is 49.9 Å². The molecule has 1 fully saturated rings. The molecule has 0 spiro atoms. The number of rotatable bonds is 3. The number of hydrogen-bond donors (Lipinski definition) is 1. The molecule has 0 aliphatic carbocycles. The zero-order valence-corrected chi connectivity index (χ0v) is 15.2. The van der Waals surface area contributed by atoms with Gasteiger partial charge in [0.1, 0.15) is 5.82 Å². The molecule has 1 saturated heterocycles. The molecule has 0 atom stereocenters. The first kappa shape index (κ1) is 16.5. The molecule has 0 bridgehead atoms. The van der Waals surface area contributed by atoms with Crippen molar-refractivity contribution in [3.8, 4) is 5.88 Å². The summed E-state index contributed by atoms with van der Waals surface area (Å²) in [5, 5.41) is 19.0. The van der Waals surface area contributed by atoms with E-state index in [1.165, 1.54) is 10.6 Å². The van der Waals surface area contributed by atoms with Gasteiger partial charge in [0.05, 0.1) is 17.2 Å². The second-order valence-electron chi connectivity index (χ2n) is 5.69. The maximum atomic E-state index is 14.4. The molecule has 2 heterocycles. The quantitative estimate of drug-likeness (QED) is 0.518. The number of azo groups is 1. The molecule has 0 amide bonds. The van der Waals surface area contributed by atoms with Crippen LogP contribution in [0.4, 0.5) is 20.2 Å². The highest BCUT2D eigenvalue weighted by atomic mass is 79.9. The molecule has 1 aliphatic rings. The van der Waals surface area contributed by atoms with Crippen molar-refractivity contribution in [2.45, 2.75) is 6.04 Å². The Morgan fingerprint density at radius 1 is 1.12 bits per heavy atom. The first-order valence-corrected chi connectivity index (χ1v) is 9.46. The van der Waals surface area contributed by atoms with Crippen molar-refractivity contribution in [1.29, 1.82) is 0 Å². The zero-order chi connectivity index (χ0) is 17.6. The van der Waals surface area contributed by atoms with Crippen LogP contribution in [0, 0.1) is 11.6 Å². The van der Waals surface area contributed by atoms with Crippen molar-refractivity contribution < 1.29 is 13.9 Å². The minimum atomic E-state index is -0.717. The van der Waals surface area contributed by atoms with Gasteiger partial charge in [0.25, 0.3) is 0 Å². The van der Waals surface area contributed by atoms with E-state index in [1.807, 2.05) is 12.1 Å². The number of benzene rings is 2. The molecule has 2 aromatic carbocycles. The third kappa shape index (κ3) is 2.93. The van der Waals surface area contributed by atoms with Crippen LogP contribution < -0.4 is 0 Å². The molecule has 3 aromatic rings. The van der Waals surface area contributed by atoms with Gasteiger partial charge in [0.2, 0.25) is 5.88 Å². The van der Waals surface area contributed by atoms with Crippen LogP contribution in [0.25, 0.3) is 10.9 Å². The smallest absolute Gasteiger partial charge is 0.221 e. The van der Waals surface area contributed by atoms with E-state index in [2.05, 4.69) is 26.2 Å². The van der Waals surface area contributed by atoms with Crippen molar-refractivity contribution in [3.63, 3.8) is 0 Å². The summed E-state index contributed by atoms with van der Waals surface area (Å²) in [6, 6.07) is 9.06. The van der Waals surface area contributed by atoms with Crippen LogP contribution >= 0.6 is 27.7 Å². The highest BCUT2D eigenvalue weighted by Gasteiger charge is 2.29. The lowest BCUT2D eigenvalue weighted by molar-refractivity contribution is 0.404. The van der Waals surface area contributed by atoms with Crippen LogP contribution in [0.5, 0.6) is 5.88 Å².